The summed E-state index contributed by atoms with van der Waals surface area (Å²) < 4.78 is 0. The van der Waals surface area contributed by atoms with Gasteiger partial charge in [0.25, 0.3) is 5.91 Å². The minimum atomic E-state index is -0.0979. The molecule has 128 valence electrons. The summed E-state index contributed by atoms with van der Waals surface area (Å²) in [5, 5.41) is 8.80. The van der Waals surface area contributed by atoms with Crippen molar-refractivity contribution in [2.45, 2.75) is 25.8 Å². The van der Waals surface area contributed by atoms with E-state index < -0.39 is 0 Å². The van der Waals surface area contributed by atoms with Gasteiger partial charge in [-0.1, -0.05) is 30.3 Å². The number of hydrogen-bond acceptors (Lipinski definition) is 4. The number of carbonyl (C=O) groups excluding carboxylic acids is 1. The molecule has 2 rings (SSSR count). The summed E-state index contributed by atoms with van der Waals surface area (Å²) in [6.07, 6.45) is 1.82. The molecular weight excluding hydrogens is 353 g/mol. The molecule has 23 heavy (non-hydrogen) atoms. The van der Waals surface area contributed by atoms with Gasteiger partial charge in [-0.25, -0.2) is 4.98 Å². The van der Waals surface area contributed by atoms with Crippen molar-refractivity contribution in [1.82, 2.24) is 15.6 Å². The smallest absolute Gasteiger partial charge is 0.270 e. The highest BCUT2D eigenvalue weighted by Crippen LogP contribution is 2.13. The van der Waals surface area contributed by atoms with Gasteiger partial charge in [-0.15, -0.1) is 36.2 Å². The van der Waals surface area contributed by atoms with Gasteiger partial charge in [-0.3, -0.25) is 4.79 Å². The maximum atomic E-state index is 12.0. The molecule has 1 amide bonds. The van der Waals surface area contributed by atoms with Gasteiger partial charge in [0.1, 0.15) is 5.69 Å². The van der Waals surface area contributed by atoms with E-state index in [2.05, 4.69) is 27.8 Å². The molecule has 0 aliphatic carbocycles. The Balaban J connectivity index is 0.00000242. The molecule has 0 aliphatic rings. The van der Waals surface area contributed by atoms with E-state index in [-0.39, 0.29) is 36.8 Å². The highest BCUT2D eigenvalue weighted by Gasteiger charge is 2.11. The van der Waals surface area contributed by atoms with Gasteiger partial charge in [0, 0.05) is 24.4 Å². The van der Waals surface area contributed by atoms with Gasteiger partial charge in [-0.2, -0.15) is 0 Å². The minimum Gasteiger partial charge on any atom is -0.349 e. The van der Waals surface area contributed by atoms with Crippen LogP contribution in [-0.4, -0.2) is 30.5 Å². The Morgan fingerprint density at radius 1 is 1.22 bits per heavy atom. The summed E-state index contributed by atoms with van der Waals surface area (Å²) in [5.41, 5.74) is 1.81. The largest absolute Gasteiger partial charge is 0.349 e. The Kier molecular flexibility index (Phi) is 10.8. The van der Waals surface area contributed by atoms with Gasteiger partial charge < -0.3 is 10.6 Å². The fraction of sp³-hybridized carbons (Fsp3) is 0.375. The zero-order valence-corrected chi connectivity index (χ0v) is 15.7. The third-order valence-electron chi connectivity index (χ3n) is 3.32. The summed E-state index contributed by atoms with van der Waals surface area (Å²) in [5.74, 6) is -0.0979. The second-order valence-electron chi connectivity index (χ2n) is 5.01. The van der Waals surface area contributed by atoms with Crippen LogP contribution >= 0.6 is 36.2 Å². The third-order valence-corrected chi connectivity index (χ3v) is 4.22. The van der Waals surface area contributed by atoms with Crippen molar-refractivity contribution in [3.05, 3.63) is 52.0 Å². The topological polar surface area (TPSA) is 54.0 Å². The van der Waals surface area contributed by atoms with E-state index in [1.165, 1.54) is 5.56 Å². The number of hydrogen-bond donors (Lipinski definition) is 2. The molecule has 0 saturated heterocycles. The predicted molar refractivity (Wildman–Crippen MR) is 101 cm³/mol. The van der Waals surface area contributed by atoms with E-state index in [1.54, 1.807) is 11.3 Å². The average Bonchev–Trinajstić information content (AvgIpc) is 3.00. The number of nitrogens with zero attached hydrogens (tertiary/aromatic N) is 1. The number of halogens is 2. The molecule has 0 spiro atoms. The second kappa shape index (κ2) is 11.4. The molecule has 1 aromatic heterocycles. The number of aryl methyl sites for hydroxylation is 2. The number of likely N-dealkylation sites (N-methyl/N-ethyl adjacent to an activating group) is 1. The van der Waals surface area contributed by atoms with Crippen LogP contribution in [0.3, 0.4) is 0 Å². The van der Waals surface area contributed by atoms with Crippen molar-refractivity contribution in [1.29, 1.82) is 0 Å². The molecule has 0 fully saturated rings. The minimum absolute atomic E-state index is 0. The second-order valence-corrected chi connectivity index (χ2v) is 5.95. The highest BCUT2D eigenvalue weighted by atomic mass is 35.5. The average molecular weight is 376 g/mol. The lowest BCUT2D eigenvalue weighted by atomic mass is 10.1. The van der Waals surface area contributed by atoms with Crippen LogP contribution in [0.25, 0.3) is 0 Å². The van der Waals surface area contributed by atoms with E-state index >= 15 is 0 Å². The van der Waals surface area contributed by atoms with Crippen LogP contribution in [0.5, 0.6) is 0 Å². The van der Waals surface area contributed by atoms with Gasteiger partial charge in [0.05, 0.1) is 5.01 Å². The Morgan fingerprint density at radius 2 is 1.91 bits per heavy atom. The van der Waals surface area contributed by atoms with Gasteiger partial charge in [-0.05, 0) is 26.0 Å². The molecule has 0 aliphatic heterocycles. The summed E-state index contributed by atoms with van der Waals surface area (Å²) in [7, 11) is 1.88. The number of carbonyl (C=O) groups is 1. The van der Waals surface area contributed by atoms with Gasteiger partial charge in [0.15, 0.2) is 0 Å². The SMILES string of the molecule is CNC(C)CNC(=O)c1csc(CCc2ccccc2)n1.Cl.Cl. The number of benzene rings is 1. The molecule has 1 aromatic carbocycles. The lowest BCUT2D eigenvalue weighted by molar-refractivity contribution is 0.0946. The van der Waals surface area contributed by atoms with Crippen molar-refractivity contribution < 1.29 is 4.79 Å². The molecule has 7 heteroatoms. The van der Waals surface area contributed by atoms with Gasteiger partial charge >= 0.3 is 0 Å². The Labute approximate surface area is 153 Å². The Hall–Kier alpha value is -1.14. The zero-order valence-electron chi connectivity index (χ0n) is 13.2. The summed E-state index contributed by atoms with van der Waals surface area (Å²) in [6.45, 7) is 2.62. The van der Waals surface area contributed by atoms with E-state index in [1.807, 2.05) is 37.6 Å². The zero-order chi connectivity index (χ0) is 15.1. The molecule has 2 aromatic rings. The normalized spacial score (nSPS) is 11.0. The molecule has 0 bridgehead atoms. The van der Waals surface area contributed by atoms with Crippen molar-refractivity contribution in [2.24, 2.45) is 0 Å². The van der Waals surface area contributed by atoms with E-state index in [0.717, 1.165) is 17.8 Å². The first-order valence-corrected chi connectivity index (χ1v) is 8.01. The summed E-state index contributed by atoms with van der Waals surface area (Å²) in [6, 6.07) is 10.6. The monoisotopic (exact) mass is 375 g/mol. The number of amides is 1. The fourth-order valence-corrected chi connectivity index (χ4v) is 2.64. The standard InChI is InChI=1S/C16H21N3OS.2ClH/c1-12(17-2)10-18-16(20)14-11-21-15(19-14)9-8-13-6-4-3-5-7-13;;/h3-7,11-12,17H,8-10H2,1-2H3,(H,18,20);2*1H. The fourth-order valence-electron chi connectivity index (χ4n) is 1.86. The lowest BCUT2D eigenvalue weighted by Crippen LogP contribution is -2.37. The Bertz CT molecular complexity index is 578. The first-order chi connectivity index (χ1) is 10.2. The molecule has 1 heterocycles. The molecule has 1 unspecified atom stereocenters. The van der Waals surface area contributed by atoms with Crippen LogP contribution in [0.2, 0.25) is 0 Å². The lowest BCUT2D eigenvalue weighted by Gasteiger charge is -2.10. The number of aromatic nitrogens is 1. The van der Waals surface area contributed by atoms with Crippen LogP contribution in [0.1, 0.15) is 28.0 Å². The van der Waals surface area contributed by atoms with Crippen LogP contribution in [0.15, 0.2) is 35.7 Å². The molecule has 2 N–H and O–H groups in total. The molecule has 4 nitrogen and oxygen atoms in total. The number of rotatable bonds is 7. The highest BCUT2D eigenvalue weighted by molar-refractivity contribution is 7.09. The van der Waals surface area contributed by atoms with Crippen LogP contribution in [-0.2, 0) is 12.8 Å². The number of thiazole rings is 1. The molecular formula is C16H23Cl2N3OS. The Morgan fingerprint density at radius 3 is 2.57 bits per heavy atom. The van der Waals surface area contributed by atoms with Crippen molar-refractivity contribution in [3.63, 3.8) is 0 Å². The van der Waals surface area contributed by atoms with Crippen LogP contribution in [0.4, 0.5) is 0 Å². The first kappa shape index (κ1) is 21.9. The van der Waals surface area contributed by atoms with Crippen molar-refractivity contribution in [2.75, 3.05) is 13.6 Å². The maximum Gasteiger partial charge on any atom is 0.270 e. The molecule has 0 saturated carbocycles. The van der Waals surface area contributed by atoms with E-state index in [4.69, 9.17) is 0 Å². The quantitative estimate of drug-likeness (QED) is 0.781. The summed E-state index contributed by atoms with van der Waals surface area (Å²) in [4.78, 5) is 16.4. The third kappa shape index (κ3) is 7.31. The van der Waals surface area contributed by atoms with Crippen LogP contribution in [0, 0.1) is 0 Å². The van der Waals surface area contributed by atoms with Crippen molar-refractivity contribution >= 4 is 42.1 Å². The maximum absolute atomic E-state index is 12.0. The van der Waals surface area contributed by atoms with Crippen LogP contribution < -0.4 is 10.6 Å². The predicted octanol–water partition coefficient (Wildman–Crippen LogP) is 3.11. The van der Waals surface area contributed by atoms with E-state index in [9.17, 15) is 4.79 Å². The van der Waals surface area contributed by atoms with Crippen molar-refractivity contribution in [3.8, 4) is 0 Å². The first-order valence-electron chi connectivity index (χ1n) is 7.13. The number of nitrogens with one attached hydrogen (secondary N) is 2. The van der Waals surface area contributed by atoms with E-state index in [0.29, 0.717) is 12.2 Å². The molecule has 0 radical (unpaired) electrons. The molecule has 1 atom stereocenters. The van der Waals surface area contributed by atoms with Gasteiger partial charge in [0.2, 0.25) is 0 Å². The summed E-state index contributed by atoms with van der Waals surface area (Å²) >= 11 is 1.55.